The zero-order valence-electron chi connectivity index (χ0n) is 14.0. The van der Waals surface area contributed by atoms with Crippen molar-refractivity contribution in [2.75, 3.05) is 5.75 Å². The van der Waals surface area contributed by atoms with Crippen LogP contribution in [-0.2, 0) is 23.0 Å². The summed E-state index contributed by atoms with van der Waals surface area (Å²) in [5, 5.41) is 0. The lowest BCUT2D eigenvalue weighted by molar-refractivity contribution is 0.463. The summed E-state index contributed by atoms with van der Waals surface area (Å²) in [7, 11) is -3.40. The highest BCUT2D eigenvalue weighted by atomic mass is 32.2. The van der Waals surface area contributed by atoms with Gasteiger partial charge in [-0.3, -0.25) is 0 Å². The third-order valence-corrected chi connectivity index (χ3v) is 5.16. The Labute approximate surface area is 147 Å². The van der Waals surface area contributed by atoms with E-state index in [1.165, 1.54) is 0 Å². The summed E-state index contributed by atoms with van der Waals surface area (Å²) >= 11 is 0. The van der Waals surface area contributed by atoms with E-state index < -0.39 is 10.0 Å². The molecule has 0 atom stereocenters. The third kappa shape index (κ3) is 4.78. The molecule has 0 aliphatic carbocycles. The lowest BCUT2D eigenvalue weighted by Gasteiger charge is -2.05. The van der Waals surface area contributed by atoms with Gasteiger partial charge in [0.05, 0.1) is 12.3 Å². The van der Waals surface area contributed by atoms with E-state index in [9.17, 15) is 8.42 Å². The summed E-state index contributed by atoms with van der Waals surface area (Å²) < 4.78 is 32.5. The van der Waals surface area contributed by atoms with Crippen LogP contribution in [0.4, 0.5) is 0 Å². The van der Waals surface area contributed by atoms with Crippen molar-refractivity contribution in [3.63, 3.8) is 0 Å². The Morgan fingerprint density at radius 2 is 1.64 bits per heavy atom. The second kappa shape index (κ2) is 7.63. The van der Waals surface area contributed by atoms with Crippen molar-refractivity contribution in [3.8, 4) is 11.3 Å². The fourth-order valence-electron chi connectivity index (χ4n) is 2.53. The summed E-state index contributed by atoms with van der Waals surface area (Å²) in [4.78, 5) is 4.41. The number of aryl methyl sites for hydroxylation is 2. The molecule has 3 aromatic rings. The Morgan fingerprint density at radius 1 is 1.00 bits per heavy atom. The summed E-state index contributed by atoms with van der Waals surface area (Å²) in [5.41, 5.74) is 2.67. The first kappa shape index (κ1) is 17.4. The van der Waals surface area contributed by atoms with E-state index in [1.54, 1.807) is 0 Å². The molecule has 0 saturated heterocycles. The number of sulfonamides is 1. The molecule has 1 heterocycles. The minimum atomic E-state index is -3.40. The van der Waals surface area contributed by atoms with Crippen LogP contribution in [0.2, 0.25) is 0 Å². The van der Waals surface area contributed by atoms with Gasteiger partial charge in [-0.05, 0) is 18.9 Å². The van der Waals surface area contributed by atoms with Crippen LogP contribution in [0.5, 0.6) is 0 Å². The summed E-state index contributed by atoms with van der Waals surface area (Å²) in [5.74, 6) is 1.06. The fraction of sp³-hybridized carbons (Fsp3) is 0.211. The van der Waals surface area contributed by atoms with Crippen LogP contribution < -0.4 is 4.72 Å². The average Bonchev–Trinajstić information content (AvgIpc) is 3.01. The van der Waals surface area contributed by atoms with Crippen LogP contribution in [0.1, 0.15) is 17.2 Å². The smallest absolute Gasteiger partial charge is 0.212 e. The molecule has 0 bridgehead atoms. The molecule has 0 aliphatic rings. The number of nitrogens with one attached hydrogen (secondary N) is 1. The van der Waals surface area contributed by atoms with Crippen LogP contribution in [0.25, 0.3) is 11.3 Å². The van der Waals surface area contributed by atoms with Gasteiger partial charge in [-0.2, -0.15) is 0 Å². The number of hydrogen-bond acceptors (Lipinski definition) is 4. The standard InChI is InChI=1S/C19H20N2O3S/c1-15-19(17-10-6-3-7-11-17)21-18(24-15)14-20-25(22,23)13-12-16-8-4-2-5-9-16/h2-11,20H,12-14H2,1H3. The van der Waals surface area contributed by atoms with E-state index in [0.717, 1.165) is 16.8 Å². The highest BCUT2D eigenvalue weighted by Crippen LogP contribution is 2.22. The van der Waals surface area contributed by atoms with Gasteiger partial charge in [0.1, 0.15) is 11.5 Å². The van der Waals surface area contributed by atoms with Crippen molar-refractivity contribution in [3.05, 3.63) is 77.9 Å². The molecule has 3 rings (SSSR count). The van der Waals surface area contributed by atoms with Crippen LogP contribution >= 0.6 is 0 Å². The zero-order valence-corrected chi connectivity index (χ0v) is 14.8. The first-order chi connectivity index (χ1) is 12.0. The molecule has 5 nitrogen and oxygen atoms in total. The summed E-state index contributed by atoms with van der Waals surface area (Å²) in [6.07, 6.45) is 0.468. The van der Waals surface area contributed by atoms with Crippen molar-refractivity contribution >= 4 is 10.0 Å². The van der Waals surface area contributed by atoms with Gasteiger partial charge in [-0.25, -0.2) is 18.1 Å². The van der Waals surface area contributed by atoms with Crippen molar-refractivity contribution < 1.29 is 12.8 Å². The molecule has 1 aromatic heterocycles. The Hall–Kier alpha value is -2.44. The topological polar surface area (TPSA) is 72.2 Å². The Morgan fingerprint density at radius 3 is 2.32 bits per heavy atom. The van der Waals surface area contributed by atoms with Crippen molar-refractivity contribution in [2.45, 2.75) is 19.9 Å². The number of oxazole rings is 1. The molecule has 0 amide bonds. The van der Waals surface area contributed by atoms with Crippen molar-refractivity contribution in [1.82, 2.24) is 9.71 Å². The number of hydrogen-bond donors (Lipinski definition) is 1. The molecular weight excluding hydrogens is 336 g/mol. The van der Waals surface area contributed by atoms with Crippen molar-refractivity contribution in [2.24, 2.45) is 0 Å². The van der Waals surface area contributed by atoms with E-state index in [4.69, 9.17) is 4.42 Å². The molecule has 0 unspecified atom stereocenters. The molecule has 0 saturated carbocycles. The molecule has 0 spiro atoms. The fourth-order valence-corrected chi connectivity index (χ4v) is 3.52. The van der Waals surface area contributed by atoms with Gasteiger partial charge in [0, 0.05) is 5.56 Å². The number of benzene rings is 2. The second-order valence-corrected chi connectivity index (χ2v) is 7.68. The molecule has 0 aliphatic heterocycles. The minimum absolute atomic E-state index is 0.0300. The predicted octanol–water partition coefficient (Wildman–Crippen LogP) is 3.31. The second-order valence-electron chi connectivity index (χ2n) is 5.75. The highest BCUT2D eigenvalue weighted by molar-refractivity contribution is 7.89. The van der Waals surface area contributed by atoms with E-state index in [2.05, 4.69) is 9.71 Å². The maximum atomic E-state index is 12.2. The maximum absolute atomic E-state index is 12.2. The van der Waals surface area contributed by atoms with E-state index in [-0.39, 0.29) is 12.3 Å². The van der Waals surface area contributed by atoms with Crippen LogP contribution in [0.15, 0.2) is 65.1 Å². The Balaban J connectivity index is 1.61. The predicted molar refractivity (Wildman–Crippen MR) is 97.4 cm³/mol. The van der Waals surface area contributed by atoms with Gasteiger partial charge in [0.25, 0.3) is 0 Å². The van der Waals surface area contributed by atoms with Crippen LogP contribution in [-0.4, -0.2) is 19.2 Å². The first-order valence-corrected chi connectivity index (χ1v) is 9.72. The largest absolute Gasteiger partial charge is 0.444 e. The molecule has 130 valence electrons. The third-order valence-electron chi connectivity index (χ3n) is 3.83. The normalized spacial score (nSPS) is 11.6. The van der Waals surface area contributed by atoms with Crippen LogP contribution in [0, 0.1) is 6.92 Å². The number of rotatable bonds is 7. The summed E-state index contributed by atoms with van der Waals surface area (Å²) in [6.45, 7) is 1.87. The quantitative estimate of drug-likeness (QED) is 0.705. The van der Waals surface area contributed by atoms with E-state index >= 15 is 0 Å². The molecule has 6 heteroatoms. The molecule has 25 heavy (non-hydrogen) atoms. The summed E-state index contributed by atoms with van der Waals surface area (Å²) in [6, 6.07) is 19.2. The molecular formula is C19H20N2O3S. The van der Waals surface area contributed by atoms with Gasteiger partial charge in [-0.15, -0.1) is 0 Å². The number of aromatic nitrogens is 1. The Bertz CT molecular complexity index is 920. The maximum Gasteiger partial charge on any atom is 0.212 e. The molecule has 1 N–H and O–H groups in total. The van der Waals surface area contributed by atoms with E-state index in [0.29, 0.717) is 18.1 Å². The van der Waals surface area contributed by atoms with Gasteiger partial charge in [0.2, 0.25) is 15.9 Å². The van der Waals surface area contributed by atoms with Gasteiger partial charge in [0.15, 0.2) is 0 Å². The highest BCUT2D eigenvalue weighted by Gasteiger charge is 2.15. The first-order valence-electron chi connectivity index (χ1n) is 8.06. The lowest BCUT2D eigenvalue weighted by atomic mass is 10.1. The lowest BCUT2D eigenvalue weighted by Crippen LogP contribution is -2.27. The molecule has 0 fully saturated rings. The van der Waals surface area contributed by atoms with Gasteiger partial charge < -0.3 is 4.42 Å². The minimum Gasteiger partial charge on any atom is -0.444 e. The SMILES string of the molecule is Cc1oc(CNS(=O)(=O)CCc2ccccc2)nc1-c1ccccc1. The zero-order chi connectivity index (χ0) is 17.7. The molecule has 2 aromatic carbocycles. The van der Waals surface area contributed by atoms with E-state index in [1.807, 2.05) is 67.6 Å². The van der Waals surface area contributed by atoms with Gasteiger partial charge >= 0.3 is 0 Å². The monoisotopic (exact) mass is 356 g/mol. The average molecular weight is 356 g/mol. The number of nitrogens with zero attached hydrogens (tertiary/aromatic N) is 1. The molecule has 0 radical (unpaired) electrons. The van der Waals surface area contributed by atoms with Crippen LogP contribution in [0.3, 0.4) is 0 Å². The van der Waals surface area contributed by atoms with Crippen molar-refractivity contribution in [1.29, 1.82) is 0 Å². The van der Waals surface area contributed by atoms with Gasteiger partial charge in [-0.1, -0.05) is 60.7 Å². The Kier molecular flexibility index (Phi) is 5.31.